The number of hydrogen-bond acceptors (Lipinski definition) is 3. The van der Waals surface area contributed by atoms with Crippen LogP contribution < -0.4 is 11.1 Å². The monoisotopic (exact) mass is 343 g/mol. The van der Waals surface area contributed by atoms with Crippen LogP contribution in [-0.4, -0.2) is 36.3 Å². The van der Waals surface area contributed by atoms with Gasteiger partial charge in [-0.3, -0.25) is 14.5 Å². The van der Waals surface area contributed by atoms with Crippen molar-refractivity contribution in [3.63, 3.8) is 0 Å². The van der Waals surface area contributed by atoms with E-state index in [0.29, 0.717) is 12.5 Å². The van der Waals surface area contributed by atoms with Gasteiger partial charge in [0.05, 0.1) is 12.6 Å². The van der Waals surface area contributed by atoms with E-state index in [1.54, 1.807) is 0 Å². The van der Waals surface area contributed by atoms with Crippen molar-refractivity contribution < 1.29 is 9.59 Å². The molecule has 0 aromatic heterocycles. The van der Waals surface area contributed by atoms with Gasteiger partial charge < -0.3 is 11.1 Å². The molecule has 1 aliphatic heterocycles. The predicted octanol–water partition coefficient (Wildman–Crippen LogP) is 2.23. The van der Waals surface area contributed by atoms with Gasteiger partial charge in [-0.2, -0.15) is 0 Å². The van der Waals surface area contributed by atoms with E-state index in [-0.39, 0.29) is 23.8 Å². The smallest absolute Gasteiger partial charge is 0.234 e. The SMILES string of the molecule is NC(=O)C1CCN(CC(=O)N[C@H](c2ccccc2)C2CCCC2)CC1. The third kappa shape index (κ3) is 4.82. The molecule has 1 aromatic rings. The van der Waals surface area contributed by atoms with Crippen LogP contribution in [0.5, 0.6) is 0 Å². The largest absolute Gasteiger partial charge is 0.369 e. The van der Waals surface area contributed by atoms with Gasteiger partial charge in [0.15, 0.2) is 0 Å². The third-order valence-corrected chi connectivity index (χ3v) is 5.70. The van der Waals surface area contributed by atoms with E-state index < -0.39 is 0 Å². The minimum Gasteiger partial charge on any atom is -0.369 e. The Morgan fingerprint density at radius 1 is 1.08 bits per heavy atom. The molecule has 1 aliphatic carbocycles. The van der Waals surface area contributed by atoms with Crippen LogP contribution in [0, 0.1) is 11.8 Å². The first-order chi connectivity index (χ1) is 12.1. The number of rotatable bonds is 6. The highest BCUT2D eigenvalue weighted by Gasteiger charge is 2.29. The first-order valence-electron chi connectivity index (χ1n) is 9.49. The first-order valence-corrected chi connectivity index (χ1v) is 9.49. The molecule has 1 saturated heterocycles. The third-order valence-electron chi connectivity index (χ3n) is 5.70. The van der Waals surface area contributed by atoms with Crippen LogP contribution in [0.2, 0.25) is 0 Å². The fourth-order valence-corrected chi connectivity index (χ4v) is 4.22. The molecule has 136 valence electrons. The van der Waals surface area contributed by atoms with Gasteiger partial charge >= 0.3 is 0 Å². The van der Waals surface area contributed by atoms with E-state index in [1.165, 1.54) is 31.2 Å². The Hall–Kier alpha value is -1.88. The van der Waals surface area contributed by atoms with Crippen molar-refractivity contribution in [2.45, 2.75) is 44.6 Å². The van der Waals surface area contributed by atoms with Gasteiger partial charge in [-0.1, -0.05) is 43.2 Å². The van der Waals surface area contributed by atoms with Crippen molar-refractivity contribution in [3.8, 4) is 0 Å². The zero-order valence-corrected chi connectivity index (χ0v) is 14.8. The summed E-state index contributed by atoms with van der Waals surface area (Å²) in [5, 5.41) is 3.28. The van der Waals surface area contributed by atoms with Crippen molar-refractivity contribution in [1.29, 1.82) is 0 Å². The van der Waals surface area contributed by atoms with Crippen LogP contribution in [0.3, 0.4) is 0 Å². The van der Waals surface area contributed by atoms with Gasteiger partial charge in [-0.05, 0) is 50.3 Å². The fourth-order valence-electron chi connectivity index (χ4n) is 4.22. The first kappa shape index (κ1) is 17.9. The number of carbonyl (C=O) groups is 2. The summed E-state index contributed by atoms with van der Waals surface area (Å²) in [5.41, 5.74) is 6.58. The number of amides is 2. The highest BCUT2D eigenvalue weighted by Crippen LogP contribution is 2.35. The lowest BCUT2D eigenvalue weighted by atomic mass is 9.91. The molecule has 1 aromatic carbocycles. The number of nitrogens with zero attached hydrogens (tertiary/aromatic N) is 1. The molecule has 1 atom stereocenters. The summed E-state index contributed by atoms with van der Waals surface area (Å²) in [4.78, 5) is 26.0. The second-order valence-electron chi connectivity index (χ2n) is 7.45. The molecule has 0 bridgehead atoms. The molecule has 2 amide bonds. The summed E-state index contributed by atoms with van der Waals surface area (Å²) < 4.78 is 0. The Labute approximate surface area is 150 Å². The lowest BCUT2D eigenvalue weighted by molar-refractivity contribution is -0.124. The molecular weight excluding hydrogens is 314 g/mol. The van der Waals surface area contributed by atoms with Crippen LogP contribution in [-0.2, 0) is 9.59 Å². The number of hydrogen-bond donors (Lipinski definition) is 2. The van der Waals surface area contributed by atoms with Crippen LogP contribution >= 0.6 is 0 Å². The second kappa shape index (κ2) is 8.48. The number of likely N-dealkylation sites (tertiary alicyclic amines) is 1. The fraction of sp³-hybridized carbons (Fsp3) is 0.600. The Kier molecular flexibility index (Phi) is 6.08. The highest BCUT2D eigenvalue weighted by molar-refractivity contribution is 5.79. The van der Waals surface area contributed by atoms with Crippen LogP contribution in [0.25, 0.3) is 0 Å². The van der Waals surface area contributed by atoms with E-state index in [2.05, 4.69) is 22.3 Å². The summed E-state index contributed by atoms with van der Waals surface area (Å²) >= 11 is 0. The maximum atomic E-state index is 12.6. The van der Waals surface area contributed by atoms with Crippen LogP contribution in [0.15, 0.2) is 30.3 Å². The van der Waals surface area contributed by atoms with Crippen molar-refractivity contribution in [2.75, 3.05) is 19.6 Å². The van der Waals surface area contributed by atoms with Gasteiger partial charge in [0, 0.05) is 5.92 Å². The zero-order valence-electron chi connectivity index (χ0n) is 14.8. The standard InChI is InChI=1S/C20H29N3O2/c21-20(25)17-10-12-23(13-11-17)14-18(24)22-19(16-8-4-5-9-16)15-6-2-1-3-7-15/h1-3,6-7,16-17,19H,4-5,8-14H2,(H2,21,25)(H,22,24)/t19-/m1/s1. The molecular formula is C20H29N3O2. The number of carbonyl (C=O) groups excluding carboxylic acids is 2. The maximum absolute atomic E-state index is 12.6. The Morgan fingerprint density at radius 3 is 2.32 bits per heavy atom. The second-order valence-corrected chi connectivity index (χ2v) is 7.45. The lowest BCUT2D eigenvalue weighted by Crippen LogP contribution is -2.45. The minimum absolute atomic E-state index is 0.0325. The van der Waals surface area contributed by atoms with Gasteiger partial charge in [0.25, 0.3) is 0 Å². The molecule has 2 fully saturated rings. The molecule has 1 heterocycles. The average Bonchev–Trinajstić information content (AvgIpc) is 3.15. The number of primary amides is 1. The van der Waals surface area contributed by atoms with Gasteiger partial charge in [0.2, 0.25) is 11.8 Å². The van der Waals surface area contributed by atoms with Crippen molar-refractivity contribution in [3.05, 3.63) is 35.9 Å². The molecule has 0 unspecified atom stereocenters. The Bertz CT molecular complexity index is 576. The van der Waals surface area contributed by atoms with E-state index in [4.69, 9.17) is 5.73 Å². The van der Waals surface area contributed by atoms with Gasteiger partial charge in [0.1, 0.15) is 0 Å². The number of nitrogens with one attached hydrogen (secondary N) is 1. The van der Waals surface area contributed by atoms with Crippen molar-refractivity contribution in [2.24, 2.45) is 17.6 Å². The van der Waals surface area contributed by atoms with E-state index in [0.717, 1.165) is 25.9 Å². The molecule has 25 heavy (non-hydrogen) atoms. The average molecular weight is 343 g/mol. The van der Waals surface area contributed by atoms with E-state index >= 15 is 0 Å². The van der Waals surface area contributed by atoms with Crippen molar-refractivity contribution in [1.82, 2.24) is 10.2 Å². The minimum atomic E-state index is -0.213. The molecule has 0 radical (unpaired) electrons. The van der Waals surface area contributed by atoms with Crippen molar-refractivity contribution >= 4 is 11.8 Å². The van der Waals surface area contributed by atoms with E-state index in [1.807, 2.05) is 18.2 Å². The molecule has 5 heteroatoms. The topological polar surface area (TPSA) is 75.4 Å². The molecule has 1 saturated carbocycles. The highest BCUT2D eigenvalue weighted by atomic mass is 16.2. The maximum Gasteiger partial charge on any atom is 0.234 e. The molecule has 0 spiro atoms. The summed E-state index contributed by atoms with van der Waals surface area (Å²) in [5.74, 6) is 0.370. The zero-order chi connectivity index (χ0) is 17.6. The van der Waals surface area contributed by atoms with Gasteiger partial charge in [-0.25, -0.2) is 0 Å². The molecule has 3 N–H and O–H groups in total. The van der Waals surface area contributed by atoms with Crippen LogP contribution in [0.4, 0.5) is 0 Å². The molecule has 2 aliphatic rings. The quantitative estimate of drug-likeness (QED) is 0.832. The summed E-state index contributed by atoms with van der Waals surface area (Å²) in [7, 11) is 0. The summed E-state index contributed by atoms with van der Waals surface area (Å²) in [6.07, 6.45) is 6.39. The number of piperidine rings is 1. The normalized spacial score (nSPS) is 21.1. The molecule has 5 nitrogen and oxygen atoms in total. The summed E-state index contributed by atoms with van der Waals surface area (Å²) in [6.45, 7) is 1.93. The number of nitrogens with two attached hydrogens (primary N) is 1. The van der Waals surface area contributed by atoms with Crippen LogP contribution in [0.1, 0.15) is 50.1 Å². The Balaban J connectivity index is 1.56. The summed E-state index contributed by atoms with van der Waals surface area (Å²) in [6, 6.07) is 10.4. The van der Waals surface area contributed by atoms with Gasteiger partial charge in [-0.15, -0.1) is 0 Å². The molecule has 3 rings (SSSR count). The predicted molar refractivity (Wildman–Crippen MR) is 97.6 cm³/mol. The Morgan fingerprint density at radius 2 is 1.72 bits per heavy atom. The van der Waals surface area contributed by atoms with E-state index in [9.17, 15) is 9.59 Å². The number of benzene rings is 1. The lowest BCUT2D eigenvalue weighted by Gasteiger charge is -2.31.